The van der Waals surface area contributed by atoms with Crippen LogP contribution in [0.15, 0.2) is 17.5 Å². The number of carboxylic acid groups (broad SMARTS) is 1. The summed E-state index contributed by atoms with van der Waals surface area (Å²) in [5, 5.41) is 13.8. The summed E-state index contributed by atoms with van der Waals surface area (Å²) in [5.74, 6) is -1.41. The Morgan fingerprint density at radius 3 is 2.86 bits per heavy atom. The van der Waals surface area contributed by atoms with Crippen LogP contribution in [0.3, 0.4) is 0 Å². The van der Waals surface area contributed by atoms with Crippen LogP contribution in [-0.2, 0) is 14.4 Å². The lowest BCUT2D eigenvalue weighted by molar-refractivity contribution is -0.148. The van der Waals surface area contributed by atoms with E-state index in [1.807, 2.05) is 17.5 Å². The second kappa shape index (κ2) is 6.71. The molecule has 2 amide bonds. The van der Waals surface area contributed by atoms with Crippen molar-refractivity contribution in [3.05, 3.63) is 22.4 Å². The molecule has 114 valence electrons. The van der Waals surface area contributed by atoms with Gasteiger partial charge in [-0.05, 0) is 24.3 Å². The molecule has 1 aromatic rings. The molecule has 0 saturated carbocycles. The van der Waals surface area contributed by atoms with Crippen molar-refractivity contribution in [3.63, 3.8) is 0 Å². The number of thiophene rings is 1. The van der Waals surface area contributed by atoms with E-state index in [4.69, 9.17) is 5.11 Å². The predicted molar refractivity (Wildman–Crippen MR) is 77.9 cm³/mol. The van der Waals surface area contributed by atoms with Gasteiger partial charge in [0.05, 0.1) is 12.5 Å². The molecule has 2 atom stereocenters. The average molecular weight is 310 g/mol. The number of hydrogen-bond donors (Lipinski definition) is 2. The van der Waals surface area contributed by atoms with Gasteiger partial charge in [-0.3, -0.25) is 9.59 Å². The van der Waals surface area contributed by atoms with Crippen molar-refractivity contribution in [3.8, 4) is 0 Å². The number of rotatable bonds is 5. The Hall–Kier alpha value is -1.89. The number of hydrogen-bond acceptors (Lipinski definition) is 4. The molecule has 1 aliphatic heterocycles. The number of carbonyl (C=O) groups is 3. The molecule has 2 rings (SSSR count). The Balaban J connectivity index is 2.07. The third kappa shape index (κ3) is 3.81. The number of nitrogens with zero attached hydrogens (tertiary/aromatic N) is 1. The number of amides is 2. The highest BCUT2D eigenvalue weighted by Gasteiger charge is 2.35. The molecular formula is C14H18N2O4S. The third-order valence-corrected chi connectivity index (χ3v) is 4.49. The van der Waals surface area contributed by atoms with Gasteiger partial charge in [0.1, 0.15) is 6.04 Å². The van der Waals surface area contributed by atoms with Crippen molar-refractivity contribution >= 4 is 29.1 Å². The number of carboxylic acids is 1. The molecule has 0 aliphatic carbocycles. The van der Waals surface area contributed by atoms with Crippen LogP contribution in [0.25, 0.3) is 0 Å². The quantitative estimate of drug-likeness (QED) is 0.860. The number of nitrogens with one attached hydrogen (secondary N) is 1. The average Bonchev–Trinajstić information content (AvgIpc) is 3.08. The van der Waals surface area contributed by atoms with E-state index in [-0.39, 0.29) is 18.2 Å². The molecule has 0 radical (unpaired) electrons. The van der Waals surface area contributed by atoms with Crippen LogP contribution in [-0.4, -0.2) is 40.4 Å². The Kier molecular flexibility index (Phi) is 4.95. The van der Waals surface area contributed by atoms with Gasteiger partial charge in [0.2, 0.25) is 11.8 Å². The van der Waals surface area contributed by atoms with Gasteiger partial charge in [-0.1, -0.05) is 6.07 Å². The van der Waals surface area contributed by atoms with Crippen molar-refractivity contribution in [1.82, 2.24) is 10.2 Å². The monoisotopic (exact) mass is 310 g/mol. The maximum atomic E-state index is 12.4. The van der Waals surface area contributed by atoms with E-state index >= 15 is 0 Å². The van der Waals surface area contributed by atoms with Crippen LogP contribution in [0.1, 0.15) is 37.1 Å². The lowest BCUT2D eigenvalue weighted by Crippen LogP contribution is -2.42. The minimum atomic E-state index is -0.965. The minimum absolute atomic E-state index is 0.0872. The fraction of sp³-hybridized carbons (Fsp3) is 0.500. The molecule has 2 heterocycles. The number of aliphatic carboxylic acids is 1. The summed E-state index contributed by atoms with van der Waals surface area (Å²) in [6.07, 6.45) is 1.28. The largest absolute Gasteiger partial charge is 0.480 e. The van der Waals surface area contributed by atoms with E-state index < -0.39 is 18.1 Å². The standard InChI is InChI=1S/C14H18N2O4S/c1-9(17)15-10(12-5-3-7-21-12)8-13(18)16-6-2-4-11(16)14(19)20/h3,5,7,10-11H,2,4,6,8H2,1H3,(H,15,17)(H,19,20)/t10?,11-/m0/s1. The molecule has 21 heavy (non-hydrogen) atoms. The zero-order valence-corrected chi connectivity index (χ0v) is 12.6. The SMILES string of the molecule is CC(=O)NC(CC(=O)N1CCC[C@H]1C(=O)O)c1cccs1. The fourth-order valence-electron chi connectivity index (χ4n) is 2.57. The zero-order chi connectivity index (χ0) is 15.4. The van der Waals surface area contributed by atoms with E-state index in [2.05, 4.69) is 5.32 Å². The molecular weight excluding hydrogens is 292 g/mol. The van der Waals surface area contributed by atoms with Crippen LogP contribution in [0.2, 0.25) is 0 Å². The van der Waals surface area contributed by atoms with Crippen LogP contribution in [0, 0.1) is 0 Å². The van der Waals surface area contributed by atoms with Gasteiger partial charge < -0.3 is 15.3 Å². The van der Waals surface area contributed by atoms with Crippen molar-refractivity contribution < 1.29 is 19.5 Å². The fourth-order valence-corrected chi connectivity index (χ4v) is 3.35. The maximum Gasteiger partial charge on any atom is 0.326 e. The molecule has 1 fully saturated rings. The van der Waals surface area contributed by atoms with Crippen LogP contribution in [0.4, 0.5) is 0 Å². The summed E-state index contributed by atoms with van der Waals surface area (Å²) in [5.41, 5.74) is 0. The predicted octanol–water partition coefficient (Wildman–Crippen LogP) is 1.39. The van der Waals surface area contributed by atoms with Crippen LogP contribution in [0.5, 0.6) is 0 Å². The first-order valence-electron chi connectivity index (χ1n) is 6.82. The molecule has 0 aromatic carbocycles. The zero-order valence-electron chi connectivity index (χ0n) is 11.7. The second-order valence-corrected chi connectivity index (χ2v) is 6.04. The van der Waals surface area contributed by atoms with E-state index in [0.29, 0.717) is 19.4 Å². The third-order valence-electron chi connectivity index (χ3n) is 3.50. The molecule has 1 unspecified atom stereocenters. The van der Waals surface area contributed by atoms with Crippen molar-refractivity contribution in [1.29, 1.82) is 0 Å². The molecule has 0 spiro atoms. The molecule has 1 saturated heterocycles. The summed E-state index contributed by atoms with van der Waals surface area (Å²) < 4.78 is 0. The highest BCUT2D eigenvalue weighted by atomic mass is 32.1. The number of carbonyl (C=O) groups excluding carboxylic acids is 2. The van der Waals surface area contributed by atoms with Gasteiger partial charge in [0, 0.05) is 18.3 Å². The lowest BCUT2D eigenvalue weighted by Gasteiger charge is -2.24. The topological polar surface area (TPSA) is 86.7 Å². The normalized spacial score (nSPS) is 19.3. The van der Waals surface area contributed by atoms with Crippen LogP contribution < -0.4 is 5.32 Å². The van der Waals surface area contributed by atoms with Gasteiger partial charge >= 0.3 is 5.97 Å². The van der Waals surface area contributed by atoms with Crippen LogP contribution >= 0.6 is 11.3 Å². The summed E-state index contributed by atoms with van der Waals surface area (Å²) in [6.45, 7) is 1.87. The lowest BCUT2D eigenvalue weighted by atomic mass is 10.1. The molecule has 6 nitrogen and oxygen atoms in total. The first-order valence-corrected chi connectivity index (χ1v) is 7.69. The smallest absolute Gasteiger partial charge is 0.326 e. The highest BCUT2D eigenvalue weighted by Crippen LogP contribution is 2.25. The molecule has 7 heteroatoms. The van der Waals surface area contributed by atoms with Crippen molar-refractivity contribution in [2.24, 2.45) is 0 Å². The van der Waals surface area contributed by atoms with E-state index in [0.717, 1.165) is 4.88 Å². The van der Waals surface area contributed by atoms with E-state index in [1.54, 1.807) is 0 Å². The summed E-state index contributed by atoms with van der Waals surface area (Å²) in [7, 11) is 0. The van der Waals surface area contributed by atoms with E-state index in [1.165, 1.54) is 23.2 Å². The van der Waals surface area contributed by atoms with Crippen molar-refractivity contribution in [2.45, 2.75) is 38.3 Å². The minimum Gasteiger partial charge on any atom is -0.480 e. The van der Waals surface area contributed by atoms with Gasteiger partial charge in [-0.2, -0.15) is 0 Å². The first kappa shape index (κ1) is 15.5. The van der Waals surface area contributed by atoms with Gasteiger partial charge in [0.25, 0.3) is 0 Å². The summed E-state index contributed by atoms with van der Waals surface area (Å²) in [6, 6.07) is 2.58. The van der Waals surface area contributed by atoms with Gasteiger partial charge in [-0.15, -0.1) is 11.3 Å². The second-order valence-electron chi connectivity index (χ2n) is 5.06. The summed E-state index contributed by atoms with van der Waals surface area (Å²) in [4.78, 5) is 37.1. The molecule has 1 aromatic heterocycles. The molecule has 1 aliphatic rings. The molecule has 0 bridgehead atoms. The number of likely N-dealkylation sites (tertiary alicyclic amines) is 1. The Bertz CT molecular complexity index is 529. The van der Waals surface area contributed by atoms with Gasteiger partial charge in [0.15, 0.2) is 0 Å². The Morgan fingerprint density at radius 1 is 1.52 bits per heavy atom. The first-order chi connectivity index (χ1) is 9.99. The Morgan fingerprint density at radius 2 is 2.29 bits per heavy atom. The maximum absolute atomic E-state index is 12.4. The van der Waals surface area contributed by atoms with Gasteiger partial charge in [-0.25, -0.2) is 4.79 Å². The summed E-state index contributed by atoms with van der Waals surface area (Å²) >= 11 is 1.46. The van der Waals surface area contributed by atoms with E-state index in [9.17, 15) is 14.4 Å². The molecule has 2 N–H and O–H groups in total. The Labute approximate surface area is 126 Å². The van der Waals surface area contributed by atoms with Crippen molar-refractivity contribution in [2.75, 3.05) is 6.54 Å². The highest BCUT2D eigenvalue weighted by molar-refractivity contribution is 7.10.